The molecule has 0 aromatic heterocycles. The van der Waals surface area contributed by atoms with Crippen molar-refractivity contribution in [3.8, 4) is 11.5 Å². The van der Waals surface area contributed by atoms with Gasteiger partial charge in [-0.25, -0.2) is 0 Å². The summed E-state index contributed by atoms with van der Waals surface area (Å²) in [5.74, 6) is -2.55. The maximum atomic E-state index is 10.4. The van der Waals surface area contributed by atoms with E-state index in [0.717, 1.165) is 18.4 Å². The van der Waals surface area contributed by atoms with Crippen LogP contribution in [-0.2, 0) is 16.0 Å². The molecule has 0 bridgehead atoms. The summed E-state index contributed by atoms with van der Waals surface area (Å²) in [6.45, 7) is 0. The Bertz CT molecular complexity index is 699. The molecule has 0 unspecified atom stereocenters. The van der Waals surface area contributed by atoms with E-state index in [-0.39, 0.29) is 17.9 Å². The van der Waals surface area contributed by atoms with E-state index in [1.165, 1.54) is 18.2 Å². The van der Waals surface area contributed by atoms with Gasteiger partial charge in [0, 0.05) is 0 Å². The third-order valence-electron chi connectivity index (χ3n) is 3.66. The van der Waals surface area contributed by atoms with E-state index < -0.39 is 24.0 Å². The Morgan fingerprint density at radius 2 is 1.58 bits per heavy atom. The first-order chi connectivity index (χ1) is 12.2. The smallest absolute Gasteiger partial charge is 0.320 e. The number of carboxylic acids is 2. The molecule has 8 nitrogen and oxygen atoms in total. The minimum atomic E-state index is -1.10. The van der Waals surface area contributed by atoms with Gasteiger partial charge in [-0.05, 0) is 43.4 Å². The molecule has 0 saturated carbocycles. The van der Waals surface area contributed by atoms with Crippen LogP contribution in [0.2, 0.25) is 0 Å². The van der Waals surface area contributed by atoms with Crippen LogP contribution >= 0.6 is 0 Å². The van der Waals surface area contributed by atoms with Crippen molar-refractivity contribution in [3.05, 3.63) is 47.6 Å². The maximum Gasteiger partial charge on any atom is 0.320 e. The van der Waals surface area contributed by atoms with Crippen molar-refractivity contribution in [2.75, 3.05) is 0 Å². The van der Waals surface area contributed by atoms with Crippen molar-refractivity contribution in [1.82, 2.24) is 0 Å². The first-order valence-corrected chi connectivity index (χ1v) is 8.04. The van der Waals surface area contributed by atoms with E-state index >= 15 is 0 Å². The van der Waals surface area contributed by atoms with Crippen molar-refractivity contribution in [1.29, 1.82) is 0 Å². The number of hydrogen-bond acceptors (Lipinski definition) is 6. The lowest BCUT2D eigenvalue weighted by molar-refractivity contribution is -0.139. The molecule has 0 aliphatic heterocycles. The van der Waals surface area contributed by atoms with E-state index in [2.05, 4.69) is 0 Å². The zero-order chi connectivity index (χ0) is 19.7. The monoisotopic (exact) mass is 364 g/mol. The van der Waals surface area contributed by atoms with Crippen molar-refractivity contribution in [3.63, 3.8) is 0 Å². The van der Waals surface area contributed by atoms with Crippen LogP contribution in [0.4, 0.5) is 0 Å². The van der Waals surface area contributed by atoms with Crippen molar-refractivity contribution < 1.29 is 30.0 Å². The van der Waals surface area contributed by atoms with Gasteiger partial charge in [0.05, 0.1) is 0 Å². The number of benzene rings is 1. The average molecular weight is 364 g/mol. The SMILES string of the molecule is N[C@@H](CC1=CCCC=C1)C(=O)O.N[C@@H](Cc1ccc(O)c(O)c1)C(=O)O. The molecule has 1 aromatic rings. The predicted molar refractivity (Wildman–Crippen MR) is 95.8 cm³/mol. The van der Waals surface area contributed by atoms with Crippen LogP contribution in [0.25, 0.3) is 0 Å². The van der Waals surface area contributed by atoms with Gasteiger partial charge in [0.15, 0.2) is 11.5 Å². The van der Waals surface area contributed by atoms with Gasteiger partial charge in [-0.15, -0.1) is 0 Å². The molecule has 142 valence electrons. The highest BCUT2D eigenvalue weighted by Gasteiger charge is 2.13. The van der Waals surface area contributed by atoms with Crippen LogP contribution in [0.1, 0.15) is 24.8 Å². The molecular weight excluding hydrogens is 340 g/mol. The van der Waals surface area contributed by atoms with Crippen LogP contribution in [0, 0.1) is 0 Å². The highest BCUT2D eigenvalue weighted by molar-refractivity contribution is 5.74. The lowest BCUT2D eigenvalue weighted by Crippen LogP contribution is -2.32. The van der Waals surface area contributed by atoms with Crippen LogP contribution in [0.3, 0.4) is 0 Å². The average Bonchev–Trinajstić information content (AvgIpc) is 2.59. The van der Waals surface area contributed by atoms with Gasteiger partial charge in [-0.1, -0.05) is 29.9 Å². The van der Waals surface area contributed by atoms with Gasteiger partial charge in [0.25, 0.3) is 0 Å². The molecule has 8 heteroatoms. The number of carboxylic acid groups (broad SMARTS) is 2. The van der Waals surface area contributed by atoms with Crippen molar-refractivity contribution in [2.45, 2.75) is 37.8 Å². The summed E-state index contributed by atoms with van der Waals surface area (Å²) in [6, 6.07) is 2.33. The molecule has 1 aliphatic carbocycles. The minimum absolute atomic E-state index is 0.114. The van der Waals surface area contributed by atoms with E-state index in [4.69, 9.17) is 31.9 Å². The van der Waals surface area contributed by atoms with Crippen LogP contribution in [0.15, 0.2) is 42.0 Å². The fourth-order valence-corrected chi connectivity index (χ4v) is 2.20. The molecule has 1 aliphatic rings. The van der Waals surface area contributed by atoms with E-state index in [1.54, 1.807) is 0 Å². The molecule has 2 atom stereocenters. The molecule has 0 fully saturated rings. The molecule has 2 rings (SSSR count). The number of phenolic OH excluding ortho intramolecular Hbond substituents is 2. The Balaban J connectivity index is 0.000000263. The molecule has 0 saturated heterocycles. The van der Waals surface area contributed by atoms with Gasteiger partial charge < -0.3 is 31.9 Å². The lowest BCUT2D eigenvalue weighted by Gasteiger charge is -2.09. The molecule has 1 aromatic carbocycles. The summed E-state index contributed by atoms with van der Waals surface area (Å²) in [5.41, 5.74) is 12.3. The number of phenols is 2. The zero-order valence-electron chi connectivity index (χ0n) is 14.2. The summed E-state index contributed by atoms with van der Waals surface area (Å²) in [4.78, 5) is 20.8. The Kier molecular flexibility index (Phi) is 8.33. The second kappa shape index (κ2) is 10.2. The number of carbonyl (C=O) groups is 2. The summed E-state index contributed by atoms with van der Waals surface area (Å²) in [7, 11) is 0. The zero-order valence-corrected chi connectivity index (χ0v) is 14.2. The second-order valence-corrected chi connectivity index (χ2v) is 5.88. The fraction of sp³-hybridized carbons (Fsp3) is 0.333. The largest absolute Gasteiger partial charge is 0.504 e. The van der Waals surface area contributed by atoms with Crippen LogP contribution in [-0.4, -0.2) is 44.4 Å². The number of hydrogen-bond donors (Lipinski definition) is 6. The number of allylic oxidation sites excluding steroid dienone is 3. The Morgan fingerprint density at radius 3 is 2.08 bits per heavy atom. The number of rotatable bonds is 6. The first kappa shape index (κ1) is 21.2. The highest BCUT2D eigenvalue weighted by Crippen LogP contribution is 2.25. The normalized spacial score (nSPS) is 15.2. The molecule has 0 radical (unpaired) electrons. The maximum absolute atomic E-state index is 10.4. The molecular formula is C18H24N2O6. The Labute approximate surface area is 151 Å². The van der Waals surface area contributed by atoms with Crippen LogP contribution in [0.5, 0.6) is 11.5 Å². The number of aromatic hydroxyl groups is 2. The molecule has 26 heavy (non-hydrogen) atoms. The summed E-state index contributed by atoms with van der Waals surface area (Å²) < 4.78 is 0. The van der Waals surface area contributed by atoms with Gasteiger partial charge >= 0.3 is 11.9 Å². The molecule has 8 N–H and O–H groups in total. The highest BCUT2D eigenvalue weighted by atomic mass is 16.4. The third kappa shape index (κ3) is 7.37. The standard InChI is InChI=1S/C9H11NO4.C9H13NO2/c10-6(9(13)14)3-5-1-2-7(11)8(12)4-5;10-8(9(11)12)6-7-4-2-1-3-5-7/h1-2,4,6,11-12H,3,10H2,(H,13,14);2,4-5,8H,1,3,6,10H2,(H,11,12)/t6-;8-/m00/s1. The first-order valence-electron chi connectivity index (χ1n) is 8.04. The number of aliphatic carboxylic acids is 2. The molecule has 0 amide bonds. The van der Waals surface area contributed by atoms with Gasteiger partial charge in [0.2, 0.25) is 0 Å². The minimum Gasteiger partial charge on any atom is -0.504 e. The lowest BCUT2D eigenvalue weighted by atomic mass is 10.0. The van der Waals surface area contributed by atoms with Gasteiger partial charge in [-0.2, -0.15) is 0 Å². The Hall–Kier alpha value is -2.84. The third-order valence-corrected chi connectivity index (χ3v) is 3.66. The Morgan fingerprint density at radius 1 is 0.962 bits per heavy atom. The summed E-state index contributed by atoms with van der Waals surface area (Å²) >= 11 is 0. The number of nitrogens with two attached hydrogens (primary N) is 2. The molecule has 0 spiro atoms. The van der Waals surface area contributed by atoms with Crippen LogP contribution < -0.4 is 11.5 Å². The van der Waals surface area contributed by atoms with Gasteiger partial charge in [-0.3, -0.25) is 9.59 Å². The van der Waals surface area contributed by atoms with Gasteiger partial charge in [0.1, 0.15) is 12.1 Å². The van der Waals surface area contributed by atoms with Crippen molar-refractivity contribution in [2.24, 2.45) is 11.5 Å². The van der Waals surface area contributed by atoms with E-state index in [0.29, 0.717) is 12.0 Å². The topological polar surface area (TPSA) is 167 Å². The summed E-state index contributed by atoms with van der Waals surface area (Å²) in [5, 5.41) is 35.2. The van der Waals surface area contributed by atoms with E-state index in [9.17, 15) is 9.59 Å². The quantitative estimate of drug-likeness (QED) is 0.408. The predicted octanol–water partition coefficient (Wildman–Crippen LogP) is 1.12. The van der Waals surface area contributed by atoms with Crippen molar-refractivity contribution >= 4 is 11.9 Å². The van der Waals surface area contributed by atoms with E-state index in [1.807, 2.05) is 18.2 Å². The second-order valence-electron chi connectivity index (χ2n) is 5.88. The fourth-order valence-electron chi connectivity index (χ4n) is 2.20. The summed E-state index contributed by atoms with van der Waals surface area (Å²) in [6.07, 6.45) is 8.64. The molecule has 0 heterocycles.